The van der Waals surface area contributed by atoms with Crippen LogP contribution in [0.3, 0.4) is 0 Å². The summed E-state index contributed by atoms with van der Waals surface area (Å²) in [6.07, 6.45) is 3.97. The van der Waals surface area contributed by atoms with E-state index in [0.717, 1.165) is 43.1 Å². The lowest BCUT2D eigenvalue weighted by Gasteiger charge is -2.33. The molecule has 0 aliphatic carbocycles. The number of ether oxygens (including phenoxy) is 1. The third-order valence-electron chi connectivity index (χ3n) is 4.76. The average Bonchev–Trinajstić information content (AvgIpc) is 2.68. The Morgan fingerprint density at radius 3 is 3.00 bits per heavy atom. The first kappa shape index (κ1) is 18.2. The Morgan fingerprint density at radius 2 is 2.19 bits per heavy atom. The summed E-state index contributed by atoms with van der Waals surface area (Å²) in [6, 6.07) is 11.8. The summed E-state index contributed by atoms with van der Waals surface area (Å²) in [5.74, 6) is 2.24. The molecule has 5 heteroatoms. The van der Waals surface area contributed by atoms with Crippen LogP contribution in [0.25, 0.3) is 0 Å². The van der Waals surface area contributed by atoms with Crippen LogP contribution >= 0.6 is 0 Å². The molecule has 3 rings (SSSR count). The van der Waals surface area contributed by atoms with Crippen molar-refractivity contribution < 1.29 is 9.53 Å². The molecule has 5 nitrogen and oxygen atoms in total. The third-order valence-corrected chi connectivity index (χ3v) is 4.76. The number of carbonyl (C=O) groups is 1. The van der Waals surface area contributed by atoms with Gasteiger partial charge in [0, 0.05) is 37.3 Å². The SMILES string of the molecule is CCNC(=O)c1ccnc(N2CCC[C@H](COc3ccccc3C)C2)c1. The molecule has 2 heterocycles. The molecule has 1 amide bonds. The molecular formula is C21H27N3O2. The molecule has 2 aromatic rings. The molecule has 1 aliphatic heterocycles. The molecule has 0 unspecified atom stereocenters. The van der Waals surface area contributed by atoms with E-state index in [1.165, 1.54) is 0 Å². The number of aryl methyl sites for hydroxylation is 1. The Kier molecular flexibility index (Phi) is 6.10. The van der Waals surface area contributed by atoms with E-state index < -0.39 is 0 Å². The summed E-state index contributed by atoms with van der Waals surface area (Å²) in [5.41, 5.74) is 1.83. The number of amides is 1. The minimum atomic E-state index is -0.0485. The van der Waals surface area contributed by atoms with Crippen molar-refractivity contribution in [3.63, 3.8) is 0 Å². The predicted octanol–water partition coefficient (Wildman–Crippen LogP) is 3.44. The van der Waals surface area contributed by atoms with Crippen LogP contribution in [0.1, 0.15) is 35.7 Å². The van der Waals surface area contributed by atoms with Crippen LogP contribution in [0.4, 0.5) is 5.82 Å². The van der Waals surface area contributed by atoms with Crippen molar-refractivity contribution in [2.75, 3.05) is 31.1 Å². The highest BCUT2D eigenvalue weighted by Crippen LogP contribution is 2.24. The first-order valence-corrected chi connectivity index (χ1v) is 9.35. The lowest BCUT2D eigenvalue weighted by molar-refractivity contribution is 0.0955. The fourth-order valence-corrected chi connectivity index (χ4v) is 3.33. The summed E-state index contributed by atoms with van der Waals surface area (Å²) in [5, 5.41) is 2.84. The van der Waals surface area contributed by atoms with Crippen molar-refractivity contribution in [2.24, 2.45) is 5.92 Å². The van der Waals surface area contributed by atoms with E-state index >= 15 is 0 Å². The minimum absolute atomic E-state index is 0.0485. The number of anilines is 1. The van der Waals surface area contributed by atoms with E-state index in [1.807, 2.05) is 31.2 Å². The van der Waals surface area contributed by atoms with Crippen LogP contribution in [0.15, 0.2) is 42.6 Å². The Bertz CT molecular complexity index is 748. The van der Waals surface area contributed by atoms with Gasteiger partial charge in [-0.25, -0.2) is 4.98 Å². The molecule has 1 atom stereocenters. The fraction of sp³-hybridized carbons (Fsp3) is 0.429. The maximum Gasteiger partial charge on any atom is 0.251 e. The number of nitrogens with one attached hydrogen (secondary N) is 1. The quantitative estimate of drug-likeness (QED) is 0.864. The second-order valence-electron chi connectivity index (χ2n) is 6.79. The number of nitrogens with zero attached hydrogens (tertiary/aromatic N) is 2. The molecule has 1 N–H and O–H groups in total. The van der Waals surface area contributed by atoms with E-state index in [-0.39, 0.29) is 5.91 Å². The first-order chi connectivity index (χ1) is 12.7. The molecule has 1 aromatic carbocycles. The van der Waals surface area contributed by atoms with Crippen molar-refractivity contribution in [3.05, 3.63) is 53.7 Å². The number of benzene rings is 1. The molecule has 26 heavy (non-hydrogen) atoms. The normalized spacial score (nSPS) is 17.0. The van der Waals surface area contributed by atoms with Crippen LogP contribution in [0.5, 0.6) is 5.75 Å². The van der Waals surface area contributed by atoms with Gasteiger partial charge in [-0.15, -0.1) is 0 Å². The van der Waals surface area contributed by atoms with Gasteiger partial charge in [-0.1, -0.05) is 18.2 Å². The van der Waals surface area contributed by atoms with Crippen molar-refractivity contribution in [1.29, 1.82) is 0 Å². The number of hydrogen-bond donors (Lipinski definition) is 1. The number of carbonyl (C=O) groups excluding carboxylic acids is 1. The van der Waals surface area contributed by atoms with E-state index in [0.29, 0.717) is 24.6 Å². The Hall–Kier alpha value is -2.56. The Morgan fingerprint density at radius 1 is 1.35 bits per heavy atom. The highest BCUT2D eigenvalue weighted by molar-refractivity contribution is 5.94. The largest absolute Gasteiger partial charge is 0.493 e. The van der Waals surface area contributed by atoms with Crippen molar-refractivity contribution >= 4 is 11.7 Å². The minimum Gasteiger partial charge on any atom is -0.493 e. The third kappa shape index (κ3) is 4.54. The zero-order chi connectivity index (χ0) is 18.4. The molecule has 0 saturated carbocycles. The fourth-order valence-electron chi connectivity index (χ4n) is 3.33. The van der Waals surface area contributed by atoms with Gasteiger partial charge in [-0.05, 0) is 50.5 Å². The number of hydrogen-bond acceptors (Lipinski definition) is 4. The van der Waals surface area contributed by atoms with Gasteiger partial charge >= 0.3 is 0 Å². The molecular weight excluding hydrogens is 326 g/mol. The van der Waals surface area contributed by atoms with E-state index in [1.54, 1.807) is 12.3 Å². The van der Waals surface area contributed by atoms with Gasteiger partial charge in [0.15, 0.2) is 0 Å². The van der Waals surface area contributed by atoms with Gasteiger partial charge in [0.25, 0.3) is 5.91 Å². The summed E-state index contributed by atoms with van der Waals surface area (Å²) in [7, 11) is 0. The zero-order valence-electron chi connectivity index (χ0n) is 15.6. The van der Waals surface area contributed by atoms with Gasteiger partial charge in [-0.3, -0.25) is 4.79 Å². The molecule has 1 aromatic heterocycles. The van der Waals surface area contributed by atoms with Gasteiger partial charge in [-0.2, -0.15) is 0 Å². The van der Waals surface area contributed by atoms with Crippen molar-refractivity contribution in [1.82, 2.24) is 10.3 Å². The van der Waals surface area contributed by atoms with Crippen molar-refractivity contribution in [2.45, 2.75) is 26.7 Å². The number of pyridine rings is 1. The molecule has 1 fully saturated rings. The summed E-state index contributed by atoms with van der Waals surface area (Å²) in [6.45, 7) is 7.18. The van der Waals surface area contributed by atoms with Gasteiger partial charge in [0.05, 0.1) is 6.61 Å². The summed E-state index contributed by atoms with van der Waals surface area (Å²) >= 11 is 0. The van der Waals surface area contributed by atoms with Crippen molar-refractivity contribution in [3.8, 4) is 5.75 Å². The van der Waals surface area contributed by atoms with Crippen LogP contribution in [-0.2, 0) is 0 Å². The maximum absolute atomic E-state index is 12.1. The second-order valence-corrected chi connectivity index (χ2v) is 6.79. The molecule has 1 aliphatic rings. The first-order valence-electron chi connectivity index (χ1n) is 9.35. The van der Waals surface area contributed by atoms with Gasteiger partial charge in [0.2, 0.25) is 0 Å². The summed E-state index contributed by atoms with van der Waals surface area (Å²) in [4.78, 5) is 18.8. The molecule has 0 radical (unpaired) electrons. The topological polar surface area (TPSA) is 54.5 Å². The predicted molar refractivity (Wildman–Crippen MR) is 104 cm³/mol. The molecule has 0 spiro atoms. The highest BCUT2D eigenvalue weighted by Gasteiger charge is 2.22. The van der Waals surface area contributed by atoms with E-state index in [2.05, 4.69) is 28.2 Å². The molecule has 1 saturated heterocycles. The number of piperidine rings is 1. The Balaban J connectivity index is 1.62. The van der Waals surface area contributed by atoms with Crippen LogP contribution in [0.2, 0.25) is 0 Å². The summed E-state index contributed by atoms with van der Waals surface area (Å²) < 4.78 is 6.04. The molecule has 138 valence electrons. The highest BCUT2D eigenvalue weighted by atomic mass is 16.5. The number of para-hydroxylation sites is 1. The van der Waals surface area contributed by atoms with Gasteiger partial charge < -0.3 is 15.0 Å². The second kappa shape index (κ2) is 8.70. The number of aromatic nitrogens is 1. The van der Waals surface area contributed by atoms with Gasteiger partial charge in [0.1, 0.15) is 11.6 Å². The van der Waals surface area contributed by atoms with E-state index in [4.69, 9.17) is 4.74 Å². The monoisotopic (exact) mass is 353 g/mol. The van der Waals surface area contributed by atoms with Crippen LogP contribution in [0, 0.1) is 12.8 Å². The smallest absolute Gasteiger partial charge is 0.251 e. The Labute approximate surface area is 155 Å². The number of rotatable bonds is 6. The standard InChI is InChI=1S/C21H27N3O2/c1-3-22-21(25)18-10-11-23-20(13-18)24-12-6-8-17(14-24)15-26-19-9-5-4-7-16(19)2/h4-5,7,9-11,13,17H,3,6,8,12,14-15H2,1-2H3,(H,22,25)/t17-/m0/s1. The van der Waals surface area contributed by atoms with Crippen LogP contribution < -0.4 is 15.0 Å². The van der Waals surface area contributed by atoms with E-state index in [9.17, 15) is 4.79 Å². The average molecular weight is 353 g/mol. The lowest BCUT2D eigenvalue weighted by atomic mass is 9.99. The molecule has 0 bridgehead atoms. The zero-order valence-corrected chi connectivity index (χ0v) is 15.6. The lowest BCUT2D eigenvalue weighted by Crippen LogP contribution is -2.38. The van der Waals surface area contributed by atoms with Crippen LogP contribution in [-0.4, -0.2) is 37.1 Å². The maximum atomic E-state index is 12.1.